The lowest BCUT2D eigenvalue weighted by Gasteiger charge is -2.26. The Hall–Kier alpha value is -2.13. The van der Waals surface area contributed by atoms with Crippen molar-refractivity contribution in [2.45, 2.75) is 39.2 Å². The second kappa shape index (κ2) is 7.42. The molecule has 0 spiro atoms. The van der Waals surface area contributed by atoms with Gasteiger partial charge < -0.3 is 10.8 Å². The van der Waals surface area contributed by atoms with E-state index in [0.717, 1.165) is 5.56 Å². The Bertz CT molecular complexity index is 636. The molecule has 0 aliphatic heterocycles. The van der Waals surface area contributed by atoms with Gasteiger partial charge in [0.25, 0.3) is 0 Å². The third-order valence-corrected chi connectivity index (χ3v) is 4.57. The van der Waals surface area contributed by atoms with Gasteiger partial charge in [-0.15, -0.1) is 0 Å². The first-order valence-corrected chi connectivity index (χ1v) is 8.08. The van der Waals surface area contributed by atoms with Crippen LogP contribution in [0.25, 0.3) is 11.1 Å². The predicted molar refractivity (Wildman–Crippen MR) is 94.2 cm³/mol. The molecule has 3 N–H and O–H groups in total. The molecule has 0 saturated carbocycles. The number of hydrogen-bond donors (Lipinski definition) is 2. The first-order chi connectivity index (χ1) is 10.9. The molecule has 0 heterocycles. The first-order valence-electron chi connectivity index (χ1n) is 8.08. The van der Waals surface area contributed by atoms with Gasteiger partial charge in [-0.25, -0.2) is 0 Å². The fraction of sp³-hybridized carbons (Fsp3) is 0.350. The number of hydrogen-bond acceptors (Lipinski definition) is 2. The lowest BCUT2D eigenvalue weighted by atomic mass is 9.80. The van der Waals surface area contributed by atoms with Crippen molar-refractivity contribution < 1.29 is 9.90 Å². The number of aliphatic carboxylic acids is 1. The molecule has 122 valence electrons. The molecule has 0 unspecified atom stereocenters. The van der Waals surface area contributed by atoms with Gasteiger partial charge in [-0.3, -0.25) is 4.79 Å². The summed E-state index contributed by atoms with van der Waals surface area (Å²) in [4.78, 5) is 11.4. The zero-order valence-corrected chi connectivity index (χ0v) is 13.8. The number of rotatable bonds is 7. The van der Waals surface area contributed by atoms with Crippen LogP contribution in [0.4, 0.5) is 0 Å². The topological polar surface area (TPSA) is 63.3 Å². The van der Waals surface area contributed by atoms with Crippen LogP contribution < -0.4 is 5.73 Å². The third kappa shape index (κ3) is 4.42. The minimum atomic E-state index is -0.769. The van der Waals surface area contributed by atoms with Gasteiger partial charge in [-0.05, 0) is 42.9 Å². The molecule has 0 amide bonds. The van der Waals surface area contributed by atoms with Crippen LogP contribution in [0.5, 0.6) is 0 Å². The molecule has 0 bridgehead atoms. The molecule has 3 nitrogen and oxygen atoms in total. The first kappa shape index (κ1) is 17.2. The second-order valence-corrected chi connectivity index (χ2v) is 6.45. The maximum atomic E-state index is 11.4. The van der Waals surface area contributed by atoms with Crippen LogP contribution in [-0.2, 0) is 11.2 Å². The van der Waals surface area contributed by atoms with Gasteiger partial charge in [0.1, 0.15) is 0 Å². The average molecular weight is 311 g/mol. The van der Waals surface area contributed by atoms with E-state index in [9.17, 15) is 9.90 Å². The quantitative estimate of drug-likeness (QED) is 0.808. The minimum Gasteiger partial charge on any atom is -0.481 e. The zero-order chi connectivity index (χ0) is 16.9. The number of carboxylic acid groups (broad SMARTS) is 1. The summed E-state index contributed by atoms with van der Waals surface area (Å²) >= 11 is 0. The van der Waals surface area contributed by atoms with Gasteiger partial charge in [0.2, 0.25) is 0 Å². The Balaban J connectivity index is 2.02. The average Bonchev–Trinajstić information content (AvgIpc) is 2.56. The summed E-state index contributed by atoms with van der Waals surface area (Å²) in [6.45, 7) is 3.67. The van der Waals surface area contributed by atoms with Crippen LogP contribution in [0.2, 0.25) is 0 Å². The normalized spacial score (nSPS) is 14.9. The van der Waals surface area contributed by atoms with Crippen LogP contribution in [-0.4, -0.2) is 17.1 Å². The standard InChI is InChI=1S/C20H25NO2/c1-3-20(2,19(22)23)14-18(21)13-15-9-11-17(12-10-15)16-7-5-4-6-8-16/h4-12,18H,3,13-14,21H2,1-2H3,(H,22,23)/t18-,20+/m0/s1. The highest BCUT2D eigenvalue weighted by Crippen LogP contribution is 2.28. The Morgan fingerprint density at radius 2 is 1.65 bits per heavy atom. The van der Waals surface area contributed by atoms with Gasteiger partial charge >= 0.3 is 5.97 Å². The third-order valence-electron chi connectivity index (χ3n) is 4.57. The number of carbonyl (C=O) groups is 1. The summed E-state index contributed by atoms with van der Waals surface area (Å²) in [7, 11) is 0. The highest BCUT2D eigenvalue weighted by atomic mass is 16.4. The summed E-state index contributed by atoms with van der Waals surface area (Å²) in [5.41, 5.74) is 8.95. The van der Waals surface area contributed by atoms with Crippen molar-refractivity contribution in [3.05, 3.63) is 60.2 Å². The molecule has 23 heavy (non-hydrogen) atoms. The van der Waals surface area contributed by atoms with Crippen molar-refractivity contribution in [1.29, 1.82) is 0 Å². The van der Waals surface area contributed by atoms with E-state index in [1.165, 1.54) is 11.1 Å². The lowest BCUT2D eigenvalue weighted by Crippen LogP contribution is -2.36. The van der Waals surface area contributed by atoms with Crippen molar-refractivity contribution in [3.63, 3.8) is 0 Å². The largest absolute Gasteiger partial charge is 0.481 e. The molecule has 0 aliphatic carbocycles. The van der Waals surface area contributed by atoms with E-state index in [1.54, 1.807) is 6.92 Å². The molecule has 2 aromatic carbocycles. The summed E-state index contributed by atoms with van der Waals surface area (Å²) in [6.07, 6.45) is 1.76. The molecule has 0 aromatic heterocycles. The van der Waals surface area contributed by atoms with E-state index in [4.69, 9.17) is 5.73 Å². The van der Waals surface area contributed by atoms with Gasteiger partial charge in [-0.1, -0.05) is 61.5 Å². The SMILES string of the molecule is CC[C@](C)(C[C@@H](N)Cc1ccc(-c2ccccc2)cc1)C(=O)O. The predicted octanol–water partition coefficient (Wildman–Crippen LogP) is 4.11. The van der Waals surface area contributed by atoms with E-state index < -0.39 is 11.4 Å². The monoisotopic (exact) mass is 311 g/mol. The van der Waals surface area contributed by atoms with Gasteiger partial charge in [-0.2, -0.15) is 0 Å². The summed E-state index contributed by atoms with van der Waals surface area (Å²) in [5, 5.41) is 9.35. The maximum Gasteiger partial charge on any atom is 0.309 e. The van der Waals surface area contributed by atoms with Crippen molar-refractivity contribution in [2.24, 2.45) is 11.1 Å². The molecule has 0 radical (unpaired) electrons. The van der Waals surface area contributed by atoms with Gasteiger partial charge in [0.15, 0.2) is 0 Å². The Morgan fingerprint density at radius 1 is 1.09 bits per heavy atom. The number of carboxylic acids is 1. The number of nitrogens with two attached hydrogens (primary N) is 1. The Kier molecular flexibility index (Phi) is 5.56. The Labute approximate surface area is 138 Å². The molecule has 2 atom stereocenters. The maximum absolute atomic E-state index is 11.4. The second-order valence-electron chi connectivity index (χ2n) is 6.45. The van der Waals surface area contributed by atoms with E-state index in [2.05, 4.69) is 36.4 Å². The minimum absolute atomic E-state index is 0.154. The smallest absolute Gasteiger partial charge is 0.309 e. The summed E-state index contributed by atoms with van der Waals surface area (Å²) in [6, 6.07) is 18.4. The van der Waals surface area contributed by atoms with Crippen LogP contribution in [0.1, 0.15) is 32.3 Å². The fourth-order valence-corrected chi connectivity index (χ4v) is 2.80. The molecule has 2 aromatic rings. The van der Waals surface area contributed by atoms with Crippen molar-refractivity contribution >= 4 is 5.97 Å². The van der Waals surface area contributed by atoms with Crippen LogP contribution in [0.3, 0.4) is 0 Å². The van der Waals surface area contributed by atoms with Crippen molar-refractivity contribution in [1.82, 2.24) is 0 Å². The van der Waals surface area contributed by atoms with Crippen LogP contribution >= 0.6 is 0 Å². The molecule has 2 rings (SSSR count). The number of benzene rings is 2. The van der Waals surface area contributed by atoms with Crippen molar-refractivity contribution in [2.75, 3.05) is 0 Å². The summed E-state index contributed by atoms with van der Waals surface area (Å²) < 4.78 is 0. The highest BCUT2D eigenvalue weighted by molar-refractivity contribution is 5.74. The van der Waals surface area contributed by atoms with E-state index in [1.807, 2.05) is 25.1 Å². The van der Waals surface area contributed by atoms with Crippen molar-refractivity contribution in [3.8, 4) is 11.1 Å². The highest BCUT2D eigenvalue weighted by Gasteiger charge is 2.32. The van der Waals surface area contributed by atoms with Gasteiger partial charge in [0.05, 0.1) is 5.41 Å². The van der Waals surface area contributed by atoms with E-state index >= 15 is 0 Å². The molecular formula is C20H25NO2. The van der Waals surface area contributed by atoms with Crippen LogP contribution in [0.15, 0.2) is 54.6 Å². The lowest BCUT2D eigenvalue weighted by molar-refractivity contribution is -0.148. The Morgan fingerprint density at radius 3 is 2.17 bits per heavy atom. The zero-order valence-electron chi connectivity index (χ0n) is 13.8. The molecule has 0 aliphatic rings. The molecular weight excluding hydrogens is 286 g/mol. The van der Waals surface area contributed by atoms with Gasteiger partial charge in [0, 0.05) is 6.04 Å². The van der Waals surface area contributed by atoms with E-state index in [-0.39, 0.29) is 6.04 Å². The fourth-order valence-electron chi connectivity index (χ4n) is 2.80. The van der Waals surface area contributed by atoms with E-state index in [0.29, 0.717) is 19.3 Å². The molecule has 0 fully saturated rings. The molecule has 0 saturated heterocycles. The van der Waals surface area contributed by atoms with Crippen LogP contribution in [0, 0.1) is 5.41 Å². The summed E-state index contributed by atoms with van der Waals surface area (Å²) in [5.74, 6) is -0.769. The molecule has 3 heteroatoms.